The van der Waals surface area contributed by atoms with Crippen molar-refractivity contribution in [3.63, 3.8) is 0 Å². The van der Waals surface area contributed by atoms with Crippen LogP contribution in [0.15, 0.2) is 101 Å². The van der Waals surface area contributed by atoms with Gasteiger partial charge < -0.3 is 14.2 Å². The Morgan fingerprint density at radius 1 is 0.884 bits per heavy atom. The van der Waals surface area contributed by atoms with Crippen molar-refractivity contribution in [2.45, 2.75) is 18.4 Å². The van der Waals surface area contributed by atoms with Crippen LogP contribution in [-0.2, 0) is 21.4 Å². The fraction of sp³-hybridized carbons (Fsp3) is 0.161. The summed E-state index contributed by atoms with van der Waals surface area (Å²) in [4.78, 5) is 13.0. The second-order valence-corrected chi connectivity index (χ2v) is 11.7. The van der Waals surface area contributed by atoms with E-state index in [0.717, 1.165) is 9.87 Å². The molecular formula is C31H29Cl2N3O6S. The van der Waals surface area contributed by atoms with Crippen LogP contribution in [0.3, 0.4) is 0 Å². The molecule has 0 saturated heterocycles. The van der Waals surface area contributed by atoms with Crippen LogP contribution in [0.1, 0.15) is 18.1 Å². The number of nitrogens with zero attached hydrogens (tertiary/aromatic N) is 2. The summed E-state index contributed by atoms with van der Waals surface area (Å²) in [5.41, 5.74) is 4.06. The molecule has 0 spiro atoms. The van der Waals surface area contributed by atoms with E-state index in [1.807, 2.05) is 19.1 Å². The van der Waals surface area contributed by atoms with E-state index in [1.165, 1.54) is 37.6 Å². The molecule has 0 aromatic heterocycles. The van der Waals surface area contributed by atoms with E-state index in [2.05, 4.69) is 10.5 Å². The van der Waals surface area contributed by atoms with Gasteiger partial charge in [-0.2, -0.15) is 5.10 Å². The molecular weight excluding hydrogens is 613 g/mol. The standard InChI is InChI=1S/C31H29Cl2N3O6S/c1-3-41-30-17-23(11-15-29(30)42-21-22-9-12-24(32)13-10-22)19-34-35-31(37)20-36(27-18-25(33)14-16-28(27)40-2)43(38,39)26-7-5-4-6-8-26/h4-19H,3,20-21H2,1-2H3,(H,35,37)/b34-19+. The number of methoxy groups -OCH3 is 1. The summed E-state index contributed by atoms with van der Waals surface area (Å²) >= 11 is 12.1. The van der Waals surface area contributed by atoms with Crippen molar-refractivity contribution >= 4 is 51.0 Å². The van der Waals surface area contributed by atoms with Crippen LogP contribution in [0, 0.1) is 0 Å². The molecule has 12 heteroatoms. The normalized spacial score (nSPS) is 11.3. The molecule has 0 heterocycles. The van der Waals surface area contributed by atoms with Gasteiger partial charge in [-0.3, -0.25) is 9.10 Å². The number of carbonyl (C=O) groups is 1. The molecule has 4 aromatic rings. The Kier molecular flexibility index (Phi) is 10.9. The molecule has 1 N–H and O–H groups in total. The maximum absolute atomic E-state index is 13.6. The van der Waals surface area contributed by atoms with Gasteiger partial charge >= 0.3 is 0 Å². The van der Waals surface area contributed by atoms with E-state index in [0.29, 0.717) is 35.3 Å². The first-order valence-corrected chi connectivity index (χ1v) is 15.3. The molecule has 0 aliphatic carbocycles. The number of hydrogen-bond donors (Lipinski definition) is 1. The first-order chi connectivity index (χ1) is 20.7. The van der Waals surface area contributed by atoms with Gasteiger partial charge in [0.1, 0.15) is 18.9 Å². The van der Waals surface area contributed by atoms with Gasteiger partial charge in [-0.05, 0) is 78.7 Å². The quantitative estimate of drug-likeness (QED) is 0.135. The van der Waals surface area contributed by atoms with Crippen molar-refractivity contribution in [2.75, 3.05) is 24.6 Å². The number of amides is 1. The third-order valence-corrected chi connectivity index (χ3v) is 8.27. The zero-order chi connectivity index (χ0) is 30.8. The zero-order valence-corrected chi connectivity index (χ0v) is 25.7. The van der Waals surface area contributed by atoms with Crippen LogP contribution in [0.2, 0.25) is 10.0 Å². The van der Waals surface area contributed by atoms with Gasteiger partial charge in [0.05, 0.1) is 30.5 Å². The van der Waals surface area contributed by atoms with Crippen molar-refractivity contribution in [3.05, 3.63) is 112 Å². The SMILES string of the molecule is CCOc1cc(/C=N/NC(=O)CN(c2cc(Cl)ccc2OC)S(=O)(=O)c2ccccc2)ccc1OCc1ccc(Cl)cc1. The minimum absolute atomic E-state index is 0.00449. The van der Waals surface area contributed by atoms with E-state index < -0.39 is 22.5 Å². The Hall–Kier alpha value is -4.25. The van der Waals surface area contributed by atoms with E-state index in [1.54, 1.807) is 54.6 Å². The van der Waals surface area contributed by atoms with Gasteiger partial charge in [-0.25, -0.2) is 13.8 Å². The van der Waals surface area contributed by atoms with Crippen LogP contribution in [-0.4, -0.2) is 40.8 Å². The van der Waals surface area contributed by atoms with Crippen LogP contribution in [0.25, 0.3) is 0 Å². The van der Waals surface area contributed by atoms with Crippen molar-refractivity contribution in [2.24, 2.45) is 5.10 Å². The number of ether oxygens (including phenoxy) is 3. The maximum Gasteiger partial charge on any atom is 0.264 e. The largest absolute Gasteiger partial charge is 0.495 e. The number of rotatable bonds is 13. The Bertz CT molecular complexity index is 1680. The summed E-state index contributed by atoms with van der Waals surface area (Å²) in [6.07, 6.45) is 1.42. The predicted molar refractivity (Wildman–Crippen MR) is 168 cm³/mol. The monoisotopic (exact) mass is 641 g/mol. The van der Waals surface area contributed by atoms with Crippen LogP contribution in [0.4, 0.5) is 5.69 Å². The highest BCUT2D eigenvalue weighted by Crippen LogP contribution is 2.35. The summed E-state index contributed by atoms with van der Waals surface area (Å²) in [6.45, 7) is 1.99. The first-order valence-electron chi connectivity index (χ1n) is 13.1. The molecule has 0 atom stereocenters. The molecule has 1 amide bonds. The molecule has 9 nitrogen and oxygen atoms in total. The third kappa shape index (κ3) is 8.41. The maximum atomic E-state index is 13.6. The molecule has 4 rings (SSSR count). The number of carbonyl (C=O) groups excluding carboxylic acids is 1. The van der Waals surface area contributed by atoms with Crippen molar-refractivity contribution in [1.29, 1.82) is 0 Å². The molecule has 0 aliphatic heterocycles. The van der Waals surface area contributed by atoms with Gasteiger partial charge in [0, 0.05) is 10.0 Å². The molecule has 0 unspecified atom stereocenters. The lowest BCUT2D eigenvalue weighted by molar-refractivity contribution is -0.119. The van der Waals surface area contributed by atoms with Crippen molar-refractivity contribution < 1.29 is 27.4 Å². The van der Waals surface area contributed by atoms with E-state index in [4.69, 9.17) is 37.4 Å². The average Bonchev–Trinajstić information content (AvgIpc) is 3.01. The van der Waals surface area contributed by atoms with Crippen molar-refractivity contribution in [1.82, 2.24) is 5.43 Å². The van der Waals surface area contributed by atoms with Gasteiger partial charge in [-0.1, -0.05) is 53.5 Å². The number of halogens is 2. The Labute approximate surface area is 260 Å². The second kappa shape index (κ2) is 14.8. The first kappa shape index (κ1) is 31.7. The number of anilines is 1. The number of benzene rings is 4. The highest BCUT2D eigenvalue weighted by atomic mass is 35.5. The summed E-state index contributed by atoms with van der Waals surface area (Å²) < 4.78 is 45.2. The Morgan fingerprint density at radius 3 is 2.28 bits per heavy atom. The minimum atomic E-state index is -4.18. The predicted octanol–water partition coefficient (Wildman–Crippen LogP) is 6.33. The summed E-state index contributed by atoms with van der Waals surface area (Å²) in [6, 6.07) is 24.8. The lowest BCUT2D eigenvalue weighted by Gasteiger charge is -2.25. The fourth-order valence-electron chi connectivity index (χ4n) is 3.96. The summed E-state index contributed by atoms with van der Waals surface area (Å²) in [5, 5.41) is 4.94. The van der Waals surface area contributed by atoms with Gasteiger partial charge in [0.25, 0.3) is 15.9 Å². The molecule has 43 heavy (non-hydrogen) atoms. The molecule has 4 aromatic carbocycles. The topological polar surface area (TPSA) is 107 Å². The van der Waals surface area contributed by atoms with Gasteiger partial charge in [-0.15, -0.1) is 0 Å². The van der Waals surface area contributed by atoms with Crippen LogP contribution >= 0.6 is 23.2 Å². The molecule has 0 saturated carbocycles. The zero-order valence-electron chi connectivity index (χ0n) is 23.4. The number of hydrazone groups is 1. The van der Waals surface area contributed by atoms with Gasteiger partial charge in [0.15, 0.2) is 11.5 Å². The number of hydrogen-bond acceptors (Lipinski definition) is 7. The average molecular weight is 643 g/mol. The van der Waals surface area contributed by atoms with E-state index in [-0.39, 0.29) is 21.4 Å². The minimum Gasteiger partial charge on any atom is -0.495 e. The third-order valence-electron chi connectivity index (χ3n) is 6.01. The molecule has 0 aliphatic rings. The van der Waals surface area contributed by atoms with E-state index >= 15 is 0 Å². The summed E-state index contributed by atoms with van der Waals surface area (Å²) in [7, 11) is -2.78. The highest BCUT2D eigenvalue weighted by Gasteiger charge is 2.29. The van der Waals surface area contributed by atoms with E-state index in [9.17, 15) is 13.2 Å². The second-order valence-electron chi connectivity index (χ2n) is 8.99. The van der Waals surface area contributed by atoms with Crippen LogP contribution in [0.5, 0.6) is 17.2 Å². The smallest absolute Gasteiger partial charge is 0.264 e. The molecule has 0 bridgehead atoms. The molecule has 224 valence electrons. The molecule has 0 fully saturated rings. The highest BCUT2D eigenvalue weighted by molar-refractivity contribution is 7.92. The Balaban J connectivity index is 1.50. The lowest BCUT2D eigenvalue weighted by Crippen LogP contribution is -2.39. The van der Waals surface area contributed by atoms with Crippen LogP contribution < -0.4 is 23.9 Å². The fourth-order valence-corrected chi connectivity index (χ4v) is 5.69. The Morgan fingerprint density at radius 2 is 1.58 bits per heavy atom. The lowest BCUT2D eigenvalue weighted by atomic mass is 10.2. The van der Waals surface area contributed by atoms with Gasteiger partial charge in [0.2, 0.25) is 0 Å². The number of sulfonamides is 1. The molecule has 0 radical (unpaired) electrons. The number of nitrogens with one attached hydrogen (secondary N) is 1. The summed E-state index contributed by atoms with van der Waals surface area (Å²) in [5.74, 6) is 0.572. The van der Waals surface area contributed by atoms with Crippen molar-refractivity contribution in [3.8, 4) is 17.2 Å².